The number of hydrogen-bond acceptors (Lipinski definition) is 4. The Morgan fingerprint density at radius 3 is 2.68 bits per heavy atom. The molecule has 1 heterocycles. The first-order valence-electron chi connectivity index (χ1n) is 7.02. The number of oxime groups is 1. The van der Waals surface area contributed by atoms with E-state index in [2.05, 4.69) is 10.1 Å². The van der Waals surface area contributed by atoms with Crippen LogP contribution in [0.5, 0.6) is 5.75 Å². The summed E-state index contributed by atoms with van der Waals surface area (Å²) in [7, 11) is 0. The Bertz CT molecular complexity index is 814. The van der Waals surface area contributed by atoms with Gasteiger partial charge in [-0.2, -0.15) is 0 Å². The maximum absolute atomic E-state index is 8.84. The highest BCUT2D eigenvalue weighted by Gasteiger charge is 2.03. The molecule has 0 atom stereocenters. The Kier molecular flexibility index (Phi) is 4.01. The normalized spacial score (nSPS) is 11.6. The Morgan fingerprint density at radius 1 is 1.09 bits per heavy atom. The quantitative estimate of drug-likeness (QED) is 0.449. The monoisotopic (exact) mass is 292 g/mol. The van der Waals surface area contributed by atoms with E-state index in [1.165, 1.54) is 0 Å². The third kappa shape index (κ3) is 3.06. The molecule has 0 saturated carbocycles. The summed E-state index contributed by atoms with van der Waals surface area (Å²) in [4.78, 5) is 4.23. The van der Waals surface area contributed by atoms with E-state index in [-0.39, 0.29) is 0 Å². The first kappa shape index (κ1) is 14.1. The van der Waals surface area contributed by atoms with Crippen molar-refractivity contribution in [3.63, 3.8) is 0 Å². The van der Waals surface area contributed by atoms with Crippen LogP contribution in [0, 0.1) is 0 Å². The van der Waals surface area contributed by atoms with Gasteiger partial charge in [0, 0.05) is 6.20 Å². The molecule has 3 rings (SSSR count). The third-order valence-corrected chi connectivity index (χ3v) is 3.49. The predicted octanol–water partition coefficient (Wildman–Crippen LogP) is 4.01. The van der Waals surface area contributed by atoms with Gasteiger partial charge in [-0.15, -0.1) is 0 Å². The molecule has 0 radical (unpaired) electrons. The van der Waals surface area contributed by atoms with Crippen LogP contribution in [0.1, 0.15) is 18.2 Å². The van der Waals surface area contributed by atoms with Crippen molar-refractivity contribution in [3.8, 4) is 5.75 Å². The maximum Gasteiger partial charge on any atom is 0.130 e. The Labute approximate surface area is 128 Å². The molecule has 0 saturated heterocycles. The van der Waals surface area contributed by atoms with Gasteiger partial charge in [0.05, 0.1) is 11.4 Å². The van der Waals surface area contributed by atoms with Crippen LogP contribution >= 0.6 is 0 Å². The average Bonchev–Trinajstić information content (AvgIpc) is 2.59. The first-order chi connectivity index (χ1) is 10.8. The van der Waals surface area contributed by atoms with Gasteiger partial charge in [0.15, 0.2) is 0 Å². The van der Waals surface area contributed by atoms with Crippen LogP contribution < -0.4 is 4.74 Å². The van der Waals surface area contributed by atoms with Crippen molar-refractivity contribution in [2.45, 2.75) is 13.5 Å². The molecule has 0 aliphatic heterocycles. The second kappa shape index (κ2) is 6.26. The molecule has 3 aromatic rings. The van der Waals surface area contributed by atoms with Crippen LogP contribution in [0.25, 0.3) is 10.8 Å². The number of hydrogen-bond donors (Lipinski definition) is 1. The van der Waals surface area contributed by atoms with E-state index in [1.54, 1.807) is 13.1 Å². The molecule has 0 unspecified atom stereocenters. The highest BCUT2D eigenvalue weighted by Crippen LogP contribution is 2.23. The zero-order valence-electron chi connectivity index (χ0n) is 12.2. The lowest BCUT2D eigenvalue weighted by molar-refractivity contribution is 0.302. The molecule has 0 bridgehead atoms. The molecule has 110 valence electrons. The van der Waals surface area contributed by atoms with Gasteiger partial charge in [-0.25, -0.2) is 0 Å². The molecule has 2 aromatic carbocycles. The van der Waals surface area contributed by atoms with Crippen molar-refractivity contribution in [1.29, 1.82) is 0 Å². The smallest absolute Gasteiger partial charge is 0.130 e. The summed E-state index contributed by atoms with van der Waals surface area (Å²) >= 11 is 0. The Hall–Kier alpha value is -2.88. The van der Waals surface area contributed by atoms with E-state index in [0.29, 0.717) is 12.3 Å². The number of pyridine rings is 1. The van der Waals surface area contributed by atoms with Gasteiger partial charge in [0.25, 0.3) is 0 Å². The summed E-state index contributed by atoms with van der Waals surface area (Å²) in [5.41, 5.74) is 2.39. The van der Waals surface area contributed by atoms with E-state index >= 15 is 0 Å². The zero-order chi connectivity index (χ0) is 15.4. The molecule has 4 heteroatoms. The maximum atomic E-state index is 8.84. The van der Waals surface area contributed by atoms with Gasteiger partial charge < -0.3 is 9.94 Å². The fourth-order valence-corrected chi connectivity index (χ4v) is 2.24. The lowest BCUT2D eigenvalue weighted by Crippen LogP contribution is -1.97. The standard InChI is InChI=1S/C18H16N2O2/c1-13(20-21)14-5-6-16-11-18(8-7-15(16)10-14)22-12-17-4-2-3-9-19-17/h2-11,21H,12H2,1H3/b20-13+. The molecule has 0 amide bonds. The zero-order valence-corrected chi connectivity index (χ0v) is 12.2. The predicted molar refractivity (Wildman–Crippen MR) is 86.5 cm³/mol. The summed E-state index contributed by atoms with van der Waals surface area (Å²) in [5, 5.41) is 14.2. The molecule has 1 N–H and O–H groups in total. The van der Waals surface area contributed by atoms with Crippen LogP contribution in [0.2, 0.25) is 0 Å². The fraction of sp³-hybridized carbons (Fsp3) is 0.111. The molecule has 0 aliphatic carbocycles. The van der Waals surface area contributed by atoms with Crippen molar-refractivity contribution in [2.24, 2.45) is 5.16 Å². The van der Waals surface area contributed by atoms with Crippen molar-refractivity contribution >= 4 is 16.5 Å². The number of fused-ring (bicyclic) bond motifs is 1. The van der Waals surface area contributed by atoms with Crippen molar-refractivity contribution in [3.05, 3.63) is 72.1 Å². The number of nitrogens with zero attached hydrogens (tertiary/aromatic N) is 2. The highest BCUT2D eigenvalue weighted by molar-refractivity contribution is 6.01. The highest BCUT2D eigenvalue weighted by atomic mass is 16.5. The topological polar surface area (TPSA) is 54.7 Å². The molecule has 4 nitrogen and oxygen atoms in total. The molecule has 22 heavy (non-hydrogen) atoms. The van der Waals surface area contributed by atoms with E-state index in [4.69, 9.17) is 9.94 Å². The van der Waals surface area contributed by atoms with Gasteiger partial charge in [0.2, 0.25) is 0 Å². The summed E-state index contributed by atoms with van der Waals surface area (Å²) in [5.74, 6) is 0.804. The van der Waals surface area contributed by atoms with Crippen LogP contribution in [-0.2, 0) is 6.61 Å². The van der Waals surface area contributed by atoms with Crippen molar-refractivity contribution in [1.82, 2.24) is 4.98 Å². The van der Waals surface area contributed by atoms with Crippen LogP contribution in [-0.4, -0.2) is 15.9 Å². The van der Waals surface area contributed by atoms with Gasteiger partial charge in [0.1, 0.15) is 12.4 Å². The summed E-state index contributed by atoms with van der Waals surface area (Å²) in [6, 6.07) is 17.6. The van der Waals surface area contributed by atoms with Gasteiger partial charge in [-0.05, 0) is 53.6 Å². The number of rotatable bonds is 4. The van der Waals surface area contributed by atoms with Crippen LogP contribution in [0.15, 0.2) is 65.9 Å². The molecule has 0 fully saturated rings. The van der Waals surface area contributed by atoms with E-state index < -0.39 is 0 Å². The Morgan fingerprint density at radius 2 is 1.91 bits per heavy atom. The third-order valence-electron chi connectivity index (χ3n) is 3.49. The van der Waals surface area contributed by atoms with E-state index in [0.717, 1.165) is 27.8 Å². The minimum Gasteiger partial charge on any atom is -0.487 e. The second-order valence-corrected chi connectivity index (χ2v) is 5.02. The SMILES string of the molecule is C/C(=N\O)c1ccc2cc(OCc3ccccn3)ccc2c1. The number of aromatic nitrogens is 1. The molecular weight excluding hydrogens is 276 g/mol. The van der Waals surface area contributed by atoms with Gasteiger partial charge in [-0.3, -0.25) is 4.98 Å². The number of ether oxygens (including phenoxy) is 1. The lowest BCUT2D eigenvalue weighted by Gasteiger charge is -2.08. The lowest BCUT2D eigenvalue weighted by atomic mass is 10.0. The number of benzene rings is 2. The fourth-order valence-electron chi connectivity index (χ4n) is 2.24. The van der Waals surface area contributed by atoms with Gasteiger partial charge >= 0.3 is 0 Å². The van der Waals surface area contributed by atoms with Gasteiger partial charge in [-0.1, -0.05) is 29.4 Å². The minimum atomic E-state index is 0.445. The van der Waals surface area contributed by atoms with E-state index in [1.807, 2.05) is 54.6 Å². The van der Waals surface area contributed by atoms with Crippen LogP contribution in [0.3, 0.4) is 0 Å². The van der Waals surface area contributed by atoms with Crippen molar-refractivity contribution in [2.75, 3.05) is 0 Å². The minimum absolute atomic E-state index is 0.445. The largest absolute Gasteiger partial charge is 0.487 e. The molecule has 0 aliphatic rings. The molecular formula is C18H16N2O2. The second-order valence-electron chi connectivity index (χ2n) is 5.02. The average molecular weight is 292 g/mol. The van der Waals surface area contributed by atoms with Crippen molar-refractivity contribution < 1.29 is 9.94 Å². The van der Waals surface area contributed by atoms with E-state index in [9.17, 15) is 0 Å². The Balaban J connectivity index is 1.81. The van der Waals surface area contributed by atoms with Crippen LogP contribution in [0.4, 0.5) is 0 Å². The molecule has 0 spiro atoms. The summed E-state index contributed by atoms with van der Waals surface area (Å²) in [6.07, 6.45) is 1.76. The summed E-state index contributed by atoms with van der Waals surface area (Å²) in [6.45, 7) is 2.21. The molecule has 1 aromatic heterocycles. The first-order valence-corrected chi connectivity index (χ1v) is 7.02. The summed E-state index contributed by atoms with van der Waals surface area (Å²) < 4.78 is 5.77.